The highest BCUT2D eigenvalue weighted by Gasteiger charge is 2.42. The largest absolute Gasteiger partial charge is 0.381 e. The fraction of sp³-hybridized carbons (Fsp3) is 0.538. The van der Waals surface area contributed by atoms with Gasteiger partial charge in [0.2, 0.25) is 0 Å². The quantitative estimate of drug-likeness (QED) is 0.582. The Hall–Kier alpha value is -1.42. The third-order valence-corrected chi connectivity index (χ3v) is 3.57. The van der Waals surface area contributed by atoms with Crippen LogP contribution >= 0.6 is 0 Å². The van der Waals surface area contributed by atoms with Gasteiger partial charge in [-0.15, -0.1) is 0 Å². The van der Waals surface area contributed by atoms with E-state index >= 15 is 0 Å². The second-order valence-corrected chi connectivity index (χ2v) is 4.55. The second-order valence-electron chi connectivity index (χ2n) is 4.55. The number of nitro groups is 1. The molecular weight excluding hydrogens is 218 g/mol. The first-order chi connectivity index (χ1) is 8.19. The Labute approximate surface area is 101 Å². The molecule has 1 saturated carbocycles. The zero-order chi connectivity index (χ0) is 12.3. The number of hydrogen-bond acceptors (Lipinski definition) is 3. The van der Waals surface area contributed by atoms with E-state index in [0.29, 0.717) is 13.2 Å². The summed E-state index contributed by atoms with van der Waals surface area (Å²) in [6, 6.07) is 7.04. The van der Waals surface area contributed by atoms with Gasteiger partial charge in [0.25, 0.3) is 5.69 Å². The van der Waals surface area contributed by atoms with Crippen LogP contribution in [-0.4, -0.2) is 18.1 Å². The number of nitro benzene ring substituents is 1. The molecule has 0 heterocycles. The van der Waals surface area contributed by atoms with E-state index in [1.165, 1.54) is 0 Å². The number of para-hydroxylation sites is 1. The summed E-state index contributed by atoms with van der Waals surface area (Å²) >= 11 is 0. The van der Waals surface area contributed by atoms with Gasteiger partial charge >= 0.3 is 0 Å². The molecule has 17 heavy (non-hydrogen) atoms. The number of rotatable bonds is 5. The average Bonchev–Trinajstić information content (AvgIpc) is 2.28. The topological polar surface area (TPSA) is 52.4 Å². The third kappa shape index (κ3) is 2.17. The van der Waals surface area contributed by atoms with E-state index in [1.807, 2.05) is 19.1 Å². The highest BCUT2D eigenvalue weighted by molar-refractivity contribution is 5.46. The van der Waals surface area contributed by atoms with Crippen molar-refractivity contribution in [3.05, 3.63) is 39.9 Å². The van der Waals surface area contributed by atoms with E-state index < -0.39 is 0 Å². The number of nitrogens with zero attached hydrogens (tertiary/aromatic N) is 1. The molecule has 0 unspecified atom stereocenters. The molecule has 0 radical (unpaired) electrons. The molecule has 1 aliphatic carbocycles. The van der Waals surface area contributed by atoms with E-state index in [9.17, 15) is 10.1 Å². The van der Waals surface area contributed by atoms with Crippen LogP contribution in [0.5, 0.6) is 0 Å². The summed E-state index contributed by atoms with van der Waals surface area (Å²) in [5.74, 6) is 0. The molecule has 0 bridgehead atoms. The molecule has 0 N–H and O–H groups in total. The highest BCUT2D eigenvalue weighted by atomic mass is 16.6. The maximum absolute atomic E-state index is 11.0. The lowest BCUT2D eigenvalue weighted by Gasteiger charge is -2.41. The highest BCUT2D eigenvalue weighted by Crippen LogP contribution is 2.47. The van der Waals surface area contributed by atoms with Crippen LogP contribution in [-0.2, 0) is 10.2 Å². The molecule has 1 aliphatic rings. The first kappa shape index (κ1) is 12.0. The number of hydrogen-bond donors (Lipinski definition) is 0. The van der Waals surface area contributed by atoms with Crippen LogP contribution in [0.25, 0.3) is 0 Å². The molecule has 92 valence electrons. The standard InChI is InChI=1S/C13H17NO3/c1-2-17-10-13(8-5-9-13)11-6-3-4-7-12(11)14(15)16/h3-4,6-7H,2,5,8-10H2,1H3. The average molecular weight is 235 g/mol. The molecule has 1 fully saturated rings. The van der Waals surface area contributed by atoms with Crippen molar-refractivity contribution in [3.63, 3.8) is 0 Å². The van der Waals surface area contributed by atoms with Crippen molar-refractivity contribution < 1.29 is 9.66 Å². The van der Waals surface area contributed by atoms with Crippen LogP contribution in [0.3, 0.4) is 0 Å². The summed E-state index contributed by atoms with van der Waals surface area (Å²) in [6.07, 6.45) is 3.09. The minimum atomic E-state index is -0.290. The van der Waals surface area contributed by atoms with E-state index in [2.05, 4.69) is 0 Å². The monoisotopic (exact) mass is 235 g/mol. The SMILES string of the molecule is CCOCC1(c2ccccc2[N+](=O)[O-])CCC1. The lowest BCUT2D eigenvalue weighted by atomic mass is 9.64. The first-order valence-corrected chi connectivity index (χ1v) is 6.01. The molecule has 4 heteroatoms. The van der Waals surface area contributed by atoms with E-state index in [1.54, 1.807) is 12.1 Å². The molecule has 1 aromatic carbocycles. The minimum absolute atomic E-state index is 0.125. The van der Waals surface area contributed by atoms with E-state index in [4.69, 9.17) is 4.74 Å². The van der Waals surface area contributed by atoms with E-state index in [-0.39, 0.29) is 16.0 Å². The summed E-state index contributed by atoms with van der Waals surface area (Å²) in [4.78, 5) is 10.8. The van der Waals surface area contributed by atoms with Crippen molar-refractivity contribution in [2.45, 2.75) is 31.6 Å². The van der Waals surface area contributed by atoms with Gasteiger partial charge in [0.15, 0.2) is 0 Å². The predicted octanol–water partition coefficient (Wildman–Crippen LogP) is 3.05. The Kier molecular flexibility index (Phi) is 3.43. The van der Waals surface area contributed by atoms with Crippen LogP contribution in [0.1, 0.15) is 31.7 Å². The Morgan fingerprint density at radius 2 is 2.12 bits per heavy atom. The van der Waals surface area contributed by atoms with Crippen molar-refractivity contribution in [2.75, 3.05) is 13.2 Å². The molecule has 0 saturated heterocycles. The summed E-state index contributed by atoms with van der Waals surface area (Å²) in [5, 5.41) is 11.0. The van der Waals surface area contributed by atoms with Gasteiger partial charge in [0.1, 0.15) is 0 Å². The van der Waals surface area contributed by atoms with Crippen molar-refractivity contribution in [2.24, 2.45) is 0 Å². The van der Waals surface area contributed by atoms with Gasteiger partial charge in [-0.05, 0) is 19.8 Å². The molecule has 0 aromatic heterocycles. The fourth-order valence-electron chi connectivity index (χ4n) is 2.47. The summed E-state index contributed by atoms with van der Waals surface area (Å²) in [7, 11) is 0. The molecule has 2 rings (SSSR count). The Morgan fingerprint density at radius 1 is 1.41 bits per heavy atom. The third-order valence-electron chi connectivity index (χ3n) is 3.57. The summed E-state index contributed by atoms with van der Waals surface area (Å²) in [6.45, 7) is 3.20. The molecule has 0 atom stereocenters. The van der Waals surface area contributed by atoms with Gasteiger partial charge in [0.05, 0.1) is 11.5 Å². The fourth-order valence-corrected chi connectivity index (χ4v) is 2.47. The van der Waals surface area contributed by atoms with Crippen LogP contribution in [0.2, 0.25) is 0 Å². The van der Waals surface area contributed by atoms with Crippen LogP contribution in [0, 0.1) is 10.1 Å². The van der Waals surface area contributed by atoms with Gasteiger partial charge in [-0.2, -0.15) is 0 Å². The maximum Gasteiger partial charge on any atom is 0.273 e. The summed E-state index contributed by atoms with van der Waals surface area (Å²) in [5.41, 5.74) is 0.941. The smallest absolute Gasteiger partial charge is 0.273 e. The number of benzene rings is 1. The van der Waals surface area contributed by atoms with Gasteiger partial charge in [-0.3, -0.25) is 10.1 Å². The van der Waals surface area contributed by atoms with Gasteiger partial charge in [-0.1, -0.05) is 24.6 Å². The molecule has 1 aromatic rings. The lowest BCUT2D eigenvalue weighted by Crippen LogP contribution is -2.39. The Balaban J connectivity index is 2.33. The van der Waals surface area contributed by atoms with Crippen LogP contribution in [0.15, 0.2) is 24.3 Å². The van der Waals surface area contributed by atoms with Gasteiger partial charge in [-0.25, -0.2) is 0 Å². The predicted molar refractivity (Wildman–Crippen MR) is 65.1 cm³/mol. The molecule has 0 spiro atoms. The number of ether oxygens (including phenoxy) is 1. The van der Waals surface area contributed by atoms with Crippen molar-refractivity contribution in [3.8, 4) is 0 Å². The van der Waals surface area contributed by atoms with Gasteiger partial charge < -0.3 is 4.74 Å². The molecule has 4 nitrogen and oxygen atoms in total. The zero-order valence-corrected chi connectivity index (χ0v) is 10.0. The second kappa shape index (κ2) is 4.84. The zero-order valence-electron chi connectivity index (χ0n) is 10.0. The minimum Gasteiger partial charge on any atom is -0.381 e. The molecule has 0 amide bonds. The maximum atomic E-state index is 11.0. The molecular formula is C13H17NO3. The van der Waals surface area contributed by atoms with Crippen LogP contribution in [0.4, 0.5) is 5.69 Å². The van der Waals surface area contributed by atoms with E-state index in [0.717, 1.165) is 24.8 Å². The molecule has 0 aliphatic heterocycles. The summed E-state index contributed by atoms with van der Waals surface area (Å²) < 4.78 is 5.51. The first-order valence-electron chi connectivity index (χ1n) is 6.01. The van der Waals surface area contributed by atoms with Gasteiger partial charge in [0, 0.05) is 23.7 Å². The van der Waals surface area contributed by atoms with Crippen molar-refractivity contribution in [1.82, 2.24) is 0 Å². The normalized spacial score (nSPS) is 17.5. The van der Waals surface area contributed by atoms with Crippen molar-refractivity contribution in [1.29, 1.82) is 0 Å². The lowest BCUT2D eigenvalue weighted by molar-refractivity contribution is -0.386. The van der Waals surface area contributed by atoms with Crippen molar-refractivity contribution >= 4 is 5.69 Å². The van der Waals surface area contributed by atoms with Crippen LogP contribution < -0.4 is 0 Å². The Bertz CT molecular complexity index is 413. The Morgan fingerprint density at radius 3 is 2.65 bits per heavy atom.